The van der Waals surface area contributed by atoms with Crippen LogP contribution >= 0.6 is 0 Å². The molecule has 4 aliphatic heterocycles. The van der Waals surface area contributed by atoms with E-state index in [1.807, 2.05) is 41.3 Å². The molecule has 2 bridgehead atoms. The van der Waals surface area contributed by atoms with Crippen LogP contribution in [-0.4, -0.2) is 79.3 Å². The van der Waals surface area contributed by atoms with Crippen LogP contribution in [0.4, 0.5) is 5.69 Å². The van der Waals surface area contributed by atoms with Crippen molar-refractivity contribution in [3.63, 3.8) is 0 Å². The van der Waals surface area contributed by atoms with E-state index in [2.05, 4.69) is 17.1 Å². The first kappa shape index (κ1) is 20.7. The first-order valence-electron chi connectivity index (χ1n) is 11.5. The maximum Gasteiger partial charge on any atom is 0.231 e. The van der Waals surface area contributed by atoms with E-state index >= 15 is 0 Å². The van der Waals surface area contributed by atoms with Crippen molar-refractivity contribution in [2.45, 2.75) is 31.5 Å². The molecule has 1 aromatic rings. The number of hydrogen-bond acceptors (Lipinski definition) is 5. The van der Waals surface area contributed by atoms with E-state index in [1.54, 1.807) is 0 Å². The van der Waals surface area contributed by atoms with E-state index in [0.29, 0.717) is 13.1 Å². The van der Waals surface area contributed by atoms with Gasteiger partial charge < -0.3 is 19.7 Å². The van der Waals surface area contributed by atoms with Crippen molar-refractivity contribution in [3.8, 4) is 0 Å². The number of nitrogens with zero attached hydrogens (tertiary/aromatic N) is 2. The van der Waals surface area contributed by atoms with Gasteiger partial charge >= 0.3 is 0 Å². The molecule has 2 amide bonds. The van der Waals surface area contributed by atoms with Gasteiger partial charge in [-0.25, -0.2) is 0 Å². The highest BCUT2D eigenvalue weighted by atomic mass is 16.5. The molecule has 166 valence electrons. The van der Waals surface area contributed by atoms with E-state index < -0.39 is 17.4 Å². The average Bonchev–Trinajstić information content (AvgIpc) is 3.43. The van der Waals surface area contributed by atoms with E-state index in [9.17, 15) is 9.59 Å². The molecule has 0 radical (unpaired) electrons. The predicted molar refractivity (Wildman–Crippen MR) is 117 cm³/mol. The minimum absolute atomic E-state index is 0.0512. The van der Waals surface area contributed by atoms with Gasteiger partial charge in [-0.3, -0.25) is 14.5 Å². The monoisotopic (exact) mass is 425 g/mol. The largest absolute Gasteiger partial charge is 0.379 e. The Morgan fingerprint density at radius 2 is 1.97 bits per heavy atom. The number of morpholine rings is 1. The molecule has 0 aliphatic carbocycles. The van der Waals surface area contributed by atoms with Crippen molar-refractivity contribution < 1.29 is 19.1 Å². The SMILES string of the molecule is CCc1ccc(NC(=O)[C@H]2[C@H]3C=C[C@@]4(CN(CCCN5CCOCC5)C(=O)[C@@H]24)O3)cc1. The normalized spacial score (nSPS) is 32.0. The van der Waals surface area contributed by atoms with Crippen molar-refractivity contribution in [1.82, 2.24) is 9.80 Å². The van der Waals surface area contributed by atoms with Crippen LogP contribution in [0, 0.1) is 11.8 Å². The Labute approximate surface area is 183 Å². The Hall–Kier alpha value is -2.22. The lowest BCUT2D eigenvalue weighted by Gasteiger charge is -2.27. The van der Waals surface area contributed by atoms with Crippen molar-refractivity contribution in [2.75, 3.05) is 51.3 Å². The van der Waals surface area contributed by atoms with Gasteiger partial charge in [-0.15, -0.1) is 0 Å². The number of benzene rings is 1. The lowest BCUT2D eigenvalue weighted by atomic mass is 9.77. The van der Waals surface area contributed by atoms with E-state index in [1.165, 1.54) is 5.56 Å². The summed E-state index contributed by atoms with van der Waals surface area (Å²) in [5.74, 6) is -0.988. The number of aryl methyl sites for hydroxylation is 1. The summed E-state index contributed by atoms with van der Waals surface area (Å²) in [5, 5.41) is 3.01. The molecule has 5 rings (SSSR count). The number of carbonyl (C=O) groups excluding carboxylic acids is 2. The second kappa shape index (κ2) is 8.37. The zero-order valence-electron chi connectivity index (χ0n) is 18.1. The van der Waals surface area contributed by atoms with Crippen molar-refractivity contribution in [3.05, 3.63) is 42.0 Å². The molecule has 0 saturated carbocycles. The van der Waals surface area contributed by atoms with Gasteiger partial charge in [0, 0.05) is 31.9 Å². The molecule has 3 saturated heterocycles. The molecule has 1 aromatic carbocycles. The molecule has 4 aliphatic rings. The van der Waals surface area contributed by atoms with Crippen molar-refractivity contribution >= 4 is 17.5 Å². The molecule has 3 fully saturated rings. The molecule has 4 atom stereocenters. The molecular weight excluding hydrogens is 394 g/mol. The summed E-state index contributed by atoms with van der Waals surface area (Å²) in [6, 6.07) is 7.88. The van der Waals surface area contributed by atoms with Crippen LogP contribution in [-0.2, 0) is 25.5 Å². The molecule has 7 heteroatoms. The number of anilines is 1. The van der Waals surface area contributed by atoms with Gasteiger partial charge in [-0.05, 0) is 30.5 Å². The van der Waals surface area contributed by atoms with Gasteiger partial charge in [0.1, 0.15) is 5.60 Å². The van der Waals surface area contributed by atoms with Gasteiger partial charge in [0.05, 0.1) is 37.7 Å². The number of ether oxygens (including phenoxy) is 2. The van der Waals surface area contributed by atoms with Crippen LogP contribution < -0.4 is 5.32 Å². The Bertz CT molecular complexity index is 864. The third-order valence-electron chi connectivity index (χ3n) is 7.12. The Morgan fingerprint density at radius 3 is 2.71 bits per heavy atom. The second-order valence-corrected chi connectivity index (χ2v) is 9.01. The Kier molecular flexibility index (Phi) is 5.58. The van der Waals surface area contributed by atoms with Crippen LogP contribution in [0.25, 0.3) is 0 Å². The highest BCUT2D eigenvalue weighted by Gasteiger charge is 2.66. The number of carbonyl (C=O) groups is 2. The first-order chi connectivity index (χ1) is 15.1. The molecule has 7 nitrogen and oxygen atoms in total. The fraction of sp³-hybridized carbons (Fsp3) is 0.583. The fourth-order valence-electron chi connectivity index (χ4n) is 5.43. The lowest BCUT2D eigenvalue weighted by molar-refractivity contribution is -0.135. The number of fused-ring (bicyclic) bond motifs is 1. The zero-order chi connectivity index (χ0) is 21.4. The molecule has 1 N–H and O–H groups in total. The Morgan fingerprint density at radius 1 is 1.19 bits per heavy atom. The maximum atomic E-state index is 13.3. The zero-order valence-corrected chi connectivity index (χ0v) is 18.1. The summed E-state index contributed by atoms with van der Waals surface area (Å²) in [5.41, 5.74) is 1.34. The molecule has 1 spiro atoms. The smallest absolute Gasteiger partial charge is 0.231 e. The van der Waals surface area contributed by atoms with Gasteiger partial charge in [-0.1, -0.05) is 31.2 Å². The van der Waals surface area contributed by atoms with E-state index in [4.69, 9.17) is 9.47 Å². The first-order valence-corrected chi connectivity index (χ1v) is 11.5. The summed E-state index contributed by atoms with van der Waals surface area (Å²) in [4.78, 5) is 30.7. The highest BCUT2D eigenvalue weighted by molar-refractivity contribution is 5.99. The summed E-state index contributed by atoms with van der Waals surface area (Å²) >= 11 is 0. The standard InChI is InChI=1S/C24H31N3O4/c1-2-17-4-6-18(7-5-17)25-22(28)20-19-8-9-24(31-19)16-27(23(29)21(20)24)11-3-10-26-12-14-30-15-13-26/h4-9,19-21H,2-3,10-16H2,1H3,(H,25,28)/t19-,20+,21-,24+/m1/s1. The van der Waals surface area contributed by atoms with Gasteiger partial charge in [-0.2, -0.15) is 0 Å². The Balaban J connectivity index is 1.23. The fourth-order valence-corrected chi connectivity index (χ4v) is 5.43. The minimum Gasteiger partial charge on any atom is -0.379 e. The predicted octanol–water partition coefficient (Wildman–Crippen LogP) is 1.69. The lowest BCUT2D eigenvalue weighted by Crippen LogP contribution is -2.41. The average molecular weight is 426 g/mol. The van der Waals surface area contributed by atoms with Gasteiger partial charge in [0.2, 0.25) is 11.8 Å². The maximum absolute atomic E-state index is 13.3. The van der Waals surface area contributed by atoms with E-state index in [-0.39, 0.29) is 17.9 Å². The van der Waals surface area contributed by atoms with Crippen LogP contribution in [0.1, 0.15) is 18.9 Å². The van der Waals surface area contributed by atoms with Crippen LogP contribution in [0.2, 0.25) is 0 Å². The minimum atomic E-state index is -0.644. The molecule has 0 aromatic heterocycles. The molecule has 0 unspecified atom stereocenters. The number of hydrogen-bond donors (Lipinski definition) is 1. The summed E-state index contributed by atoms with van der Waals surface area (Å²) < 4.78 is 11.6. The topological polar surface area (TPSA) is 71.1 Å². The summed E-state index contributed by atoms with van der Waals surface area (Å²) in [6.45, 7) is 7.78. The number of nitrogens with one attached hydrogen (secondary N) is 1. The summed E-state index contributed by atoms with van der Waals surface area (Å²) in [6.07, 6.45) is 5.53. The van der Waals surface area contributed by atoms with Crippen molar-refractivity contribution in [1.29, 1.82) is 0 Å². The van der Waals surface area contributed by atoms with Gasteiger partial charge in [0.25, 0.3) is 0 Å². The number of rotatable bonds is 7. The highest BCUT2D eigenvalue weighted by Crippen LogP contribution is 2.52. The number of amides is 2. The summed E-state index contributed by atoms with van der Waals surface area (Å²) in [7, 11) is 0. The van der Waals surface area contributed by atoms with Crippen LogP contribution in [0.15, 0.2) is 36.4 Å². The van der Waals surface area contributed by atoms with E-state index in [0.717, 1.165) is 51.4 Å². The molecular formula is C24H31N3O4. The molecule has 4 heterocycles. The van der Waals surface area contributed by atoms with Gasteiger partial charge in [0.15, 0.2) is 0 Å². The number of likely N-dealkylation sites (tertiary alicyclic amines) is 1. The third-order valence-corrected chi connectivity index (χ3v) is 7.12. The van der Waals surface area contributed by atoms with Crippen LogP contribution in [0.5, 0.6) is 0 Å². The third kappa shape index (κ3) is 3.79. The second-order valence-electron chi connectivity index (χ2n) is 9.01. The molecule has 31 heavy (non-hydrogen) atoms. The van der Waals surface area contributed by atoms with Crippen LogP contribution in [0.3, 0.4) is 0 Å². The quantitative estimate of drug-likeness (QED) is 0.674. The van der Waals surface area contributed by atoms with Crippen molar-refractivity contribution in [2.24, 2.45) is 11.8 Å².